The average Bonchev–Trinajstić information content (AvgIpc) is 2.31. The molecule has 1 aromatic rings. The van der Waals surface area contributed by atoms with Gasteiger partial charge in [0, 0.05) is 17.2 Å². The molecular formula is C14H22Cl2N2O. The smallest absolute Gasteiger partial charge is 0.0789 e. The molecule has 0 fully saturated rings. The lowest BCUT2D eigenvalue weighted by atomic mass is 9.82. The van der Waals surface area contributed by atoms with Crippen molar-refractivity contribution in [1.29, 1.82) is 0 Å². The number of hydrogen-bond acceptors (Lipinski definition) is 3. The van der Waals surface area contributed by atoms with E-state index in [2.05, 4.69) is 26.2 Å². The van der Waals surface area contributed by atoms with Gasteiger partial charge in [-0.15, -0.1) is 0 Å². The van der Waals surface area contributed by atoms with Crippen molar-refractivity contribution in [3.05, 3.63) is 33.8 Å². The zero-order valence-electron chi connectivity index (χ0n) is 11.8. The first-order valence-electron chi connectivity index (χ1n) is 6.22. The molecule has 0 heterocycles. The number of rotatable bonds is 5. The summed E-state index contributed by atoms with van der Waals surface area (Å²) >= 11 is 12.2. The number of nitrogens with two attached hydrogens (primary N) is 1. The van der Waals surface area contributed by atoms with Gasteiger partial charge in [-0.1, -0.05) is 44.0 Å². The molecule has 5 heteroatoms. The summed E-state index contributed by atoms with van der Waals surface area (Å²) in [5.74, 6) is 5.68. The molecule has 0 aliphatic rings. The van der Waals surface area contributed by atoms with Gasteiger partial charge in [-0.25, -0.2) is 0 Å². The lowest BCUT2D eigenvalue weighted by molar-refractivity contribution is -0.0110. The van der Waals surface area contributed by atoms with E-state index >= 15 is 0 Å². The minimum Gasteiger partial charge on any atom is -0.379 e. The van der Waals surface area contributed by atoms with Crippen LogP contribution in [0.3, 0.4) is 0 Å². The second kappa shape index (κ2) is 6.91. The maximum absolute atomic E-state index is 6.19. The van der Waals surface area contributed by atoms with Crippen LogP contribution in [0.2, 0.25) is 10.0 Å². The number of methoxy groups -OCH3 is 1. The molecule has 0 saturated carbocycles. The highest BCUT2D eigenvalue weighted by Crippen LogP contribution is 2.28. The van der Waals surface area contributed by atoms with Gasteiger partial charge in [0.05, 0.1) is 12.1 Å². The lowest BCUT2D eigenvalue weighted by Crippen LogP contribution is -2.51. The highest BCUT2D eigenvalue weighted by atomic mass is 35.5. The Bertz CT molecular complexity index is 418. The predicted molar refractivity (Wildman–Crippen MR) is 81.5 cm³/mol. The van der Waals surface area contributed by atoms with E-state index in [0.717, 1.165) is 5.56 Å². The molecule has 0 aliphatic carbocycles. The van der Waals surface area contributed by atoms with Gasteiger partial charge in [-0.05, 0) is 35.6 Å². The molecule has 2 atom stereocenters. The first-order chi connectivity index (χ1) is 8.79. The second-order valence-electron chi connectivity index (χ2n) is 5.74. The van der Waals surface area contributed by atoms with E-state index in [4.69, 9.17) is 33.8 Å². The first-order valence-corrected chi connectivity index (χ1v) is 6.98. The molecule has 0 aliphatic heterocycles. The molecular weight excluding hydrogens is 283 g/mol. The standard InChI is InChI=1S/C14H22Cl2N2O/c1-14(2,3)13(19-4)12(18-17)8-9-7-10(15)5-6-11(9)16/h5-7,12-13,18H,8,17H2,1-4H3. The third kappa shape index (κ3) is 4.62. The summed E-state index contributed by atoms with van der Waals surface area (Å²) in [4.78, 5) is 0. The summed E-state index contributed by atoms with van der Waals surface area (Å²) in [5, 5.41) is 1.35. The Hall–Kier alpha value is -0.320. The molecule has 0 bridgehead atoms. The monoisotopic (exact) mass is 304 g/mol. The zero-order chi connectivity index (χ0) is 14.6. The Morgan fingerprint density at radius 3 is 2.42 bits per heavy atom. The van der Waals surface area contributed by atoms with Gasteiger partial charge < -0.3 is 4.74 Å². The Kier molecular flexibility index (Phi) is 6.09. The third-order valence-corrected chi connectivity index (χ3v) is 3.74. The Morgan fingerprint density at radius 2 is 1.95 bits per heavy atom. The van der Waals surface area contributed by atoms with Crippen LogP contribution in [0.5, 0.6) is 0 Å². The summed E-state index contributed by atoms with van der Waals surface area (Å²) in [6, 6.07) is 5.39. The van der Waals surface area contributed by atoms with Crippen LogP contribution in [-0.2, 0) is 11.2 Å². The largest absolute Gasteiger partial charge is 0.379 e. The van der Waals surface area contributed by atoms with Crippen molar-refractivity contribution in [2.45, 2.75) is 39.3 Å². The topological polar surface area (TPSA) is 47.3 Å². The fraction of sp³-hybridized carbons (Fsp3) is 0.571. The van der Waals surface area contributed by atoms with Crippen LogP contribution in [0.1, 0.15) is 26.3 Å². The van der Waals surface area contributed by atoms with Crippen LogP contribution < -0.4 is 11.3 Å². The maximum atomic E-state index is 6.19. The maximum Gasteiger partial charge on any atom is 0.0789 e. The van der Waals surface area contributed by atoms with Gasteiger partial charge in [0.25, 0.3) is 0 Å². The van der Waals surface area contributed by atoms with Crippen molar-refractivity contribution in [3.63, 3.8) is 0 Å². The number of hydrazine groups is 1. The Morgan fingerprint density at radius 1 is 1.32 bits per heavy atom. The molecule has 19 heavy (non-hydrogen) atoms. The van der Waals surface area contributed by atoms with Gasteiger partial charge in [-0.2, -0.15) is 0 Å². The van der Waals surface area contributed by atoms with Crippen LogP contribution in [0.15, 0.2) is 18.2 Å². The van der Waals surface area contributed by atoms with Gasteiger partial charge in [0.2, 0.25) is 0 Å². The van der Waals surface area contributed by atoms with E-state index in [1.54, 1.807) is 19.2 Å². The molecule has 3 nitrogen and oxygen atoms in total. The van der Waals surface area contributed by atoms with Crippen LogP contribution in [0.25, 0.3) is 0 Å². The van der Waals surface area contributed by atoms with Gasteiger partial charge in [0.15, 0.2) is 0 Å². The summed E-state index contributed by atoms with van der Waals surface area (Å²) < 4.78 is 5.59. The highest BCUT2D eigenvalue weighted by molar-refractivity contribution is 6.33. The summed E-state index contributed by atoms with van der Waals surface area (Å²) in [6.45, 7) is 6.35. The Balaban J connectivity index is 2.95. The number of ether oxygens (including phenoxy) is 1. The average molecular weight is 305 g/mol. The fourth-order valence-corrected chi connectivity index (χ4v) is 2.70. The molecule has 0 saturated heterocycles. The molecule has 108 valence electrons. The van der Waals surface area contributed by atoms with Crippen molar-refractivity contribution < 1.29 is 4.74 Å². The number of benzene rings is 1. The van der Waals surface area contributed by atoms with Gasteiger partial charge in [-0.3, -0.25) is 11.3 Å². The van der Waals surface area contributed by atoms with E-state index in [1.165, 1.54) is 0 Å². The Labute approximate surface area is 125 Å². The fourth-order valence-electron chi connectivity index (χ4n) is 2.31. The van der Waals surface area contributed by atoms with E-state index in [0.29, 0.717) is 16.5 Å². The van der Waals surface area contributed by atoms with Crippen LogP contribution in [0, 0.1) is 5.41 Å². The van der Waals surface area contributed by atoms with E-state index < -0.39 is 0 Å². The lowest BCUT2D eigenvalue weighted by Gasteiger charge is -2.35. The number of halogens is 2. The predicted octanol–water partition coefficient (Wildman–Crippen LogP) is 3.43. The van der Waals surface area contributed by atoms with E-state index in [1.807, 2.05) is 6.07 Å². The van der Waals surface area contributed by atoms with Crippen LogP contribution in [0.4, 0.5) is 0 Å². The molecule has 3 N–H and O–H groups in total. The zero-order valence-corrected chi connectivity index (χ0v) is 13.3. The minimum absolute atomic E-state index is 0.0309. The van der Waals surface area contributed by atoms with Crippen molar-refractivity contribution in [2.75, 3.05) is 7.11 Å². The van der Waals surface area contributed by atoms with Crippen molar-refractivity contribution in [3.8, 4) is 0 Å². The molecule has 2 unspecified atom stereocenters. The quantitative estimate of drug-likeness (QED) is 0.647. The molecule has 1 rings (SSSR count). The van der Waals surface area contributed by atoms with Gasteiger partial charge >= 0.3 is 0 Å². The second-order valence-corrected chi connectivity index (χ2v) is 6.58. The van der Waals surface area contributed by atoms with E-state index in [9.17, 15) is 0 Å². The highest BCUT2D eigenvalue weighted by Gasteiger charge is 2.32. The minimum atomic E-state index is -0.0408. The van der Waals surface area contributed by atoms with E-state index in [-0.39, 0.29) is 17.6 Å². The van der Waals surface area contributed by atoms with Gasteiger partial charge in [0.1, 0.15) is 0 Å². The number of nitrogens with one attached hydrogen (secondary N) is 1. The van der Waals surface area contributed by atoms with Crippen molar-refractivity contribution in [1.82, 2.24) is 5.43 Å². The van der Waals surface area contributed by atoms with Crippen molar-refractivity contribution >= 4 is 23.2 Å². The van der Waals surface area contributed by atoms with Crippen LogP contribution >= 0.6 is 23.2 Å². The molecule has 0 amide bonds. The summed E-state index contributed by atoms with van der Waals surface area (Å²) in [5.41, 5.74) is 3.76. The number of hydrogen-bond donors (Lipinski definition) is 2. The summed E-state index contributed by atoms with van der Waals surface area (Å²) in [6.07, 6.45) is 0.624. The third-order valence-electron chi connectivity index (χ3n) is 3.13. The first kappa shape index (κ1) is 16.7. The molecule has 0 radical (unpaired) electrons. The summed E-state index contributed by atoms with van der Waals surface area (Å²) in [7, 11) is 1.69. The molecule has 0 spiro atoms. The SMILES string of the molecule is COC(C(Cc1cc(Cl)ccc1Cl)NN)C(C)(C)C. The normalized spacial score (nSPS) is 15.3. The van der Waals surface area contributed by atoms with Crippen molar-refractivity contribution in [2.24, 2.45) is 11.3 Å². The molecule has 0 aromatic heterocycles. The molecule has 1 aromatic carbocycles. The van der Waals surface area contributed by atoms with Crippen LogP contribution in [-0.4, -0.2) is 19.3 Å².